The van der Waals surface area contributed by atoms with Crippen LogP contribution in [0.4, 0.5) is 18.9 Å². The van der Waals surface area contributed by atoms with Crippen LogP contribution >= 0.6 is 0 Å². The van der Waals surface area contributed by atoms with Crippen molar-refractivity contribution in [1.82, 2.24) is 4.90 Å². The average molecular weight is 325 g/mol. The molecule has 0 bridgehead atoms. The topological polar surface area (TPSA) is 56.1 Å². The standard InChI is InChI=1S/C16H18F3N3O/c1-11(22-8-2-3-13(10-22)16(17,18)19)15(23)21-14-6-4-12(9-20)5-7-14/h4-7,11,13H,2-3,8,10H2,1H3,(H,21,23)/t11-,13+/m0/s1. The maximum atomic E-state index is 12.8. The summed E-state index contributed by atoms with van der Waals surface area (Å²) in [4.78, 5) is 13.8. The molecule has 1 heterocycles. The molecule has 1 aliphatic rings. The van der Waals surface area contributed by atoms with Gasteiger partial charge < -0.3 is 5.32 Å². The highest BCUT2D eigenvalue weighted by molar-refractivity contribution is 5.94. The van der Waals surface area contributed by atoms with Gasteiger partial charge in [0.25, 0.3) is 0 Å². The molecule has 124 valence electrons. The number of carbonyl (C=O) groups is 1. The van der Waals surface area contributed by atoms with Crippen LogP contribution in [0, 0.1) is 17.2 Å². The smallest absolute Gasteiger partial charge is 0.325 e. The fourth-order valence-electron chi connectivity index (χ4n) is 2.67. The predicted molar refractivity (Wildman–Crippen MR) is 79.6 cm³/mol. The van der Waals surface area contributed by atoms with Gasteiger partial charge in [0.2, 0.25) is 5.91 Å². The molecule has 1 aromatic carbocycles. The van der Waals surface area contributed by atoms with E-state index < -0.39 is 18.1 Å². The van der Waals surface area contributed by atoms with Crippen molar-refractivity contribution in [3.8, 4) is 6.07 Å². The van der Waals surface area contributed by atoms with Crippen molar-refractivity contribution >= 4 is 11.6 Å². The van der Waals surface area contributed by atoms with Crippen molar-refractivity contribution in [2.24, 2.45) is 5.92 Å². The molecule has 1 amide bonds. The number of carbonyl (C=O) groups excluding carboxylic acids is 1. The van der Waals surface area contributed by atoms with Crippen molar-refractivity contribution in [1.29, 1.82) is 5.26 Å². The normalized spacial score (nSPS) is 20.6. The summed E-state index contributed by atoms with van der Waals surface area (Å²) in [6.07, 6.45) is -3.68. The lowest BCUT2D eigenvalue weighted by molar-refractivity contribution is -0.188. The second kappa shape index (κ2) is 7.01. The number of benzene rings is 1. The van der Waals surface area contributed by atoms with Crippen LogP contribution in [0.15, 0.2) is 24.3 Å². The van der Waals surface area contributed by atoms with E-state index in [1.165, 1.54) is 0 Å². The van der Waals surface area contributed by atoms with E-state index in [0.29, 0.717) is 24.2 Å². The van der Waals surface area contributed by atoms with Gasteiger partial charge in [0.05, 0.1) is 23.6 Å². The van der Waals surface area contributed by atoms with Crippen LogP contribution in [-0.4, -0.2) is 36.1 Å². The number of rotatable bonds is 3. The van der Waals surface area contributed by atoms with Gasteiger partial charge in [0, 0.05) is 12.2 Å². The van der Waals surface area contributed by atoms with Crippen LogP contribution in [0.1, 0.15) is 25.3 Å². The zero-order valence-electron chi connectivity index (χ0n) is 12.7. The highest BCUT2D eigenvalue weighted by Crippen LogP contribution is 2.33. The molecule has 0 aromatic heterocycles. The summed E-state index contributed by atoms with van der Waals surface area (Å²) >= 11 is 0. The summed E-state index contributed by atoms with van der Waals surface area (Å²) in [5, 5.41) is 11.4. The Bertz CT molecular complexity index is 592. The van der Waals surface area contributed by atoms with E-state index in [4.69, 9.17) is 5.26 Å². The predicted octanol–water partition coefficient (Wildman–Crippen LogP) is 3.16. The lowest BCUT2D eigenvalue weighted by Crippen LogP contribution is -2.49. The monoisotopic (exact) mass is 325 g/mol. The Balaban J connectivity index is 1.97. The molecular weight excluding hydrogens is 307 g/mol. The number of hydrogen-bond donors (Lipinski definition) is 1. The molecule has 0 saturated carbocycles. The number of nitrogens with one attached hydrogen (secondary N) is 1. The van der Waals surface area contributed by atoms with Gasteiger partial charge in [-0.15, -0.1) is 0 Å². The number of nitrogens with zero attached hydrogens (tertiary/aromatic N) is 2. The third-order valence-corrected chi connectivity index (χ3v) is 4.12. The van der Waals surface area contributed by atoms with Crippen LogP contribution in [0.5, 0.6) is 0 Å². The number of anilines is 1. The molecule has 2 rings (SSSR count). The Hall–Kier alpha value is -2.07. The minimum atomic E-state index is -4.22. The van der Waals surface area contributed by atoms with E-state index in [2.05, 4.69) is 5.32 Å². The Morgan fingerprint density at radius 1 is 1.39 bits per heavy atom. The van der Waals surface area contributed by atoms with E-state index in [0.717, 1.165) is 0 Å². The lowest BCUT2D eigenvalue weighted by atomic mass is 9.96. The minimum absolute atomic E-state index is 0.115. The van der Waals surface area contributed by atoms with Crippen molar-refractivity contribution in [3.63, 3.8) is 0 Å². The van der Waals surface area contributed by atoms with Crippen LogP contribution in [0.25, 0.3) is 0 Å². The minimum Gasteiger partial charge on any atom is -0.325 e. The molecule has 0 spiro atoms. The third-order valence-electron chi connectivity index (χ3n) is 4.12. The molecule has 1 saturated heterocycles. The first-order valence-electron chi connectivity index (χ1n) is 7.43. The number of alkyl halides is 3. The van der Waals surface area contributed by atoms with Crippen molar-refractivity contribution in [3.05, 3.63) is 29.8 Å². The SMILES string of the molecule is C[C@@H](C(=O)Nc1ccc(C#N)cc1)N1CCC[C@@H](C(F)(F)F)C1. The van der Waals surface area contributed by atoms with Gasteiger partial charge in [-0.2, -0.15) is 18.4 Å². The number of hydrogen-bond acceptors (Lipinski definition) is 3. The zero-order chi connectivity index (χ0) is 17.0. The molecule has 0 radical (unpaired) electrons. The average Bonchev–Trinajstić information content (AvgIpc) is 2.54. The molecule has 0 unspecified atom stereocenters. The second-order valence-corrected chi connectivity index (χ2v) is 5.73. The van der Waals surface area contributed by atoms with Crippen LogP contribution in [-0.2, 0) is 4.79 Å². The van der Waals surface area contributed by atoms with Crippen molar-refractivity contribution < 1.29 is 18.0 Å². The molecule has 4 nitrogen and oxygen atoms in total. The van der Waals surface area contributed by atoms with E-state index in [9.17, 15) is 18.0 Å². The Morgan fingerprint density at radius 2 is 2.04 bits per heavy atom. The summed E-state index contributed by atoms with van der Waals surface area (Å²) in [5.41, 5.74) is 0.991. The Kier molecular flexibility index (Phi) is 5.26. The maximum Gasteiger partial charge on any atom is 0.393 e. The first-order valence-corrected chi connectivity index (χ1v) is 7.43. The summed E-state index contributed by atoms with van der Waals surface area (Å²) in [6, 6.07) is 7.66. The third kappa shape index (κ3) is 4.45. The highest BCUT2D eigenvalue weighted by atomic mass is 19.4. The van der Waals surface area contributed by atoms with Gasteiger partial charge in [-0.25, -0.2) is 0 Å². The zero-order valence-corrected chi connectivity index (χ0v) is 12.7. The van der Waals surface area contributed by atoms with Crippen LogP contribution in [0.2, 0.25) is 0 Å². The van der Waals surface area contributed by atoms with Crippen molar-refractivity contribution in [2.75, 3.05) is 18.4 Å². The first kappa shape index (κ1) is 17.3. The number of halogens is 3. The summed E-state index contributed by atoms with van der Waals surface area (Å²) in [7, 11) is 0. The molecule has 7 heteroatoms. The molecule has 23 heavy (non-hydrogen) atoms. The summed E-state index contributed by atoms with van der Waals surface area (Å²) in [5.74, 6) is -1.72. The van der Waals surface area contributed by atoms with E-state index in [1.54, 1.807) is 36.1 Å². The number of amides is 1. The number of piperidine rings is 1. The van der Waals surface area contributed by atoms with Gasteiger partial charge in [-0.05, 0) is 50.6 Å². The van der Waals surface area contributed by atoms with Gasteiger partial charge in [-0.3, -0.25) is 9.69 Å². The van der Waals surface area contributed by atoms with E-state index >= 15 is 0 Å². The highest BCUT2D eigenvalue weighted by Gasteiger charge is 2.43. The van der Waals surface area contributed by atoms with Crippen molar-refractivity contribution in [2.45, 2.75) is 32.0 Å². The largest absolute Gasteiger partial charge is 0.393 e. The summed E-state index contributed by atoms with van der Waals surface area (Å²) in [6.45, 7) is 1.94. The molecule has 1 fully saturated rings. The molecule has 2 atom stereocenters. The van der Waals surface area contributed by atoms with Gasteiger partial charge >= 0.3 is 6.18 Å². The summed E-state index contributed by atoms with van der Waals surface area (Å²) < 4.78 is 38.5. The van der Waals surface area contributed by atoms with Crippen LogP contribution in [0.3, 0.4) is 0 Å². The van der Waals surface area contributed by atoms with E-state index in [-0.39, 0.29) is 18.9 Å². The van der Waals surface area contributed by atoms with E-state index in [1.807, 2.05) is 6.07 Å². The number of likely N-dealkylation sites (tertiary alicyclic amines) is 1. The maximum absolute atomic E-state index is 12.8. The molecular formula is C16H18F3N3O. The Labute approximate surface area is 132 Å². The molecule has 1 aromatic rings. The number of nitriles is 1. The Morgan fingerprint density at radius 3 is 2.61 bits per heavy atom. The fraction of sp³-hybridized carbons (Fsp3) is 0.500. The molecule has 0 aliphatic carbocycles. The van der Waals surface area contributed by atoms with Gasteiger partial charge in [0.15, 0.2) is 0 Å². The quantitative estimate of drug-likeness (QED) is 0.929. The van der Waals surface area contributed by atoms with Gasteiger partial charge in [-0.1, -0.05) is 0 Å². The fourth-order valence-corrected chi connectivity index (χ4v) is 2.67. The van der Waals surface area contributed by atoms with Gasteiger partial charge in [0.1, 0.15) is 0 Å². The lowest BCUT2D eigenvalue weighted by Gasteiger charge is -2.36. The second-order valence-electron chi connectivity index (χ2n) is 5.73. The molecule has 1 N–H and O–H groups in total. The van der Waals surface area contributed by atoms with Crippen LogP contribution < -0.4 is 5.32 Å². The first-order chi connectivity index (χ1) is 10.8. The molecule has 1 aliphatic heterocycles.